The summed E-state index contributed by atoms with van der Waals surface area (Å²) in [6.45, 7) is -0.300. The topological polar surface area (TPSA) is 95.7 Å². The fourth-order valence-electron chi connectivity index (χ4n) is 2.20. The summed E-state index contributed by atoms with van der Waals surface area (Å²) >= 11 is 0. The molecule has 3 aromatic rings. The van der Waals surface area contributed by atoms with Crippen molar-refractivity contribution in [2.75, 3.05) is 26.1 Å². The molecule has 1 heterocycles. The summed E-state index contributed by atoms with van der Waals surface area (Å²) < 4.78 is 34.0. The van der Waals surface area contributed by atoms with E-state index in [0.29, 0.717) is 22.8 Å². The molecule has 0 aliphatic carbocycles. The fraction of sp³-hybridized carbons (Fsp3) is 0.167. The molecule has 0 aliphatic heterocycles. The van der Waals surface area contributed by atoms with E-state index in [0.717, 1.165) is 0 Å². The van der Waals surface area contributed by atoms with E-state index >= 15 is 0 Å². The summed E-state index contributed by atoms with van der Waals surface area (Å²) in [5, 5.41) is 10.1. The number of aromatic nitrogens is 2. The van der Waals surface area contributed by atoms with Crippen LogP contribution in [0.1, 0.15) is 0 Å². The molecule has 0 saturated heterocycles. The van der Waals surface area contributed by atoms with Crippen LogP contribution in [-0.4, -0.2) is 36.9 Å². The predicted molar refractivity (Wildman–Crippen MR) is 93.4 cm³/mol. The Morgan fingerprint density at radius 1 is 1.07 bits per heavy atom. The van der Waals surface area contributed by atoms with Crippen molar-refractivity contribution in [3.63, 3.8) is 0 Å². The first-order valence-corrected chi connectivity index (χ1v) is 7.83. The van der Waals surface area contributed by atoms with Gasteiger partial charge in [-0.25, -0.2) is 4.39 Å². The number of halogens is 1. The number of methoxy groups -OCH3 is 2. The van der Waals surface area contributed by atoms with Crippen molar-refractivity contribution in [3.05, 3.63) is 48.3 Å². The van der Waals surface area contributed by atoms with Gasteiger partial charge in [-0.05, 0) is 42.5 Å². The molecule has 1 amide bonds. The number of amides is 1. The maximum atomic E-state index is 12.8. The zero-order valence-electron chi connectivity index (χ0n) is 14.6. The lowest BCUT2D eigenvalue weighted by atomic mass is 10.2. The average molecular weight is 373 g/mol. The summed E-state index contributed by atoms with van der Waals surface area (Å²) in [5.74, 6) is 0.712. The van der Waals surface area contributed by atoms with Gasteiger partial charge in [-0.2, -0.15) is 0 Å². The first kappa shape index (κ1) is 18.2. The molecular weight excluding hydrogens is 357 g/mol. The number of carbonyl (C=O) groups is 1. The van der Waals surface area contributed by atoms with Gasteiger partial charge in [0.2, 0.25) is 0 Å². The van der Waals surface area contributed by atoms with Gasteiger partial charge in [0.1, 0.15) is 23.1 Å². The van der Waals surface area contributed by atoms with Gasteiger partial charge in [-0.1, -0.05) is 5.10 Å². The second-order valence-electron chi connectivity index (χ2n) is 5.27. The van der Waals surface area contributed by atoms with Crippen LogP contribution in [0.25, 0.3) is 11.5 Å². The summed E-state index contributed by atoms with van der Waals surface area (Å²) in [4.78, 5) is 11.9. The van der Waals surface area contributed by atoms with Crippen molar-refractivity contribution in [1.29, 1.82) is 0 Å². The Balaban J connectivity index is 1.65. The fourth-order valence-corrected chi connectivity index (χ4v) is 2.20. The molecule has 0 saturated carbocycles. The predicted octanol–water partition coefficient (Wildman–Crippen LogP) is 2.91. The molecule has 0 bridgehead atoms. The van der Waals surface area contributed by atoms with Crippen LogP contribution in [0.4, 0.5) is 10.4 Å². The summed E-state index contributed by atoms with van der Waals surface area (Å²) in [6.07, 6.45) is 0. The van der Waals surface area contributed by atoms with Crippen molar-refractivity contribution in [3.8, 4) is 28.7 Å². The minimum absolute atomic E-state index is 0.0948. The molecule has 0 fully saturated rings. The lowest BCUT2D eigenvalue weighted by Gasteiger charge is -2.07. The number of ether oxygens (including phenoxy) is 3. The van der Waals surface area contributed by atoms with Gasteiger partial charge >= 0.3 is 6.01 Å². The van der Waals surface area contributed by atoms with Crippen LogP contribution in [0.15, 0.2) is 46.9 Å². The molecule has 140 valence electrons. The maximum absolute atomic E-state index is 12.8. The van der Waals surface area contributed by atoms with E-state index in [4.69, 9.17) is 18.6 Å². The van der Waals surface area contributed by atoms with E-state index in [9.17, 15) is 9.18 Å². The van der Waals surface area contributed by atoms with E-state index in [2.05, 4.69) is 15.5 Å². The van der Waals surface area contributed by atoms with Crippen LogP contribution in [0.5, 0.6) is 17.2 Å². The molecule has 9 heteroatoms. The lowest BCUT2D eigenvalue weighted by Crippen LogP contribution is -2.20. The molecule has 1 aromatic heterocycles. The Labute approximate surface area is 153 Å². The van der Waals surface area contributed by atoms with Crippen LogP contribution in [0, 0.1) is 5.82 Å². The Bertz CT molecular complexity index is 927. The number of hydrogen-bond donors (Lipinski definition) is 1. The molecule has 8 nitrogen and oxygen atoms in total. The van der Waals surface area contributed by atoms with Crippen molar-refractivity contribution >= 4 is 11.9 Å². The van der Waals surface area contributed by atoms with Gasteiger partial charge < -0.3 is 18.6 Å². The van der Waals surface area contributed by atoms with Crippen LogP contribution < -0.4 is 19.5 Å². The number of nitrogens with zero attached hydrogens (tertiary/aromatic N) is 2. The Hall–Kier alpha value is -3.62. The summed E-state index contributed by atoms with van der Waals surface area (Å²) in [6, 6.07) is 10.3. The molecule has 0 aliphatic rings. The molecule has 1 N–H and O–H groups in total. The third-order valence-corrected chi connectivity index (χ3v) is 3.49. The van der Waals surface area contributed by atoms with Crippen molar-refractivity contribution in [2.24, 2.45) is 0 Å². The third kappa shape index (κ3) is 4.51. The second kappa shape index (κ2) is 8.17. The van der Waals surface area contributed by atoms with Crippen molar-refractivity contribution < 1.29 is 27.8 Å². The smallest absolute Gasteiger partial charge is 0.322 e. The van der Waals surface area contributed by atoms with E-state index in [1.165, 1.54) is 38.5 Å². The Morgan fingerprint density at radius 2 is 1.81 bits per heavy atom. The quantitative estimate of drug-likeness (QED) is 0.680. The minimum atomic E-state index is -0.507. The van der Waals surface area contributed by atoms with E-state index in [1.54, 1.807) is 18.2 Å². The van der Waals surface area contributed by atoms with Crippen LogP contribution in [0.3, 0.4) is 0 Å². The van der Waals surface area contributed by atoms with Gasteiger partial charge in [-0.3, -0.25) is 10.1 Å². The molecule has 2 aromatic carbocycles. The first-order chi connectivity index (χ1) is 13.1. The number of carbonyl (C=O) groups excluding carboxylic acids is 1. The zero-order chi connectivity index (χ0) is 19.2. The van der Waals surface area contributed by atoms with Crippen molar-refractivity contribution in [2.45, 2.75) is 0 Å². The zero-order valence-corrected chi connectivity index (χ0v) is 14.6. The average Bonchev–Trinajstić information content (AvgIpc) is 3.15. The van der Waals surface area contributed by atoms with Crippen LogP contribution in [-0.2, 0) is 4.79 Å². The molecule has 27 heavy (non-hydrogen) atoms. The van der Waals surface area contributed by atoms with Gasteiger partial charge in [0.15, 0.2) is 6.61 Å². The van der Waals surface area contributed by atoms with Gasteiger partial charge in [0.05, 0.1) is 19.8 Å². The SMILES string of the molecule is COc1ccc(OC)c(-c2nnc(NC(=O)COc3ccc(F)cc3)o2)c1. The van der Waals surface area contributed by atoms with Crippen LogP contribution in [0.2, 0.25) is 0 Å². The monoisotopic (exact) mass is 373 g/mol. The molecule has 0 unspecified atom stereocenters. The molecule has 0 radical (unpaired) electrons. The molecule has 0 atom stereocenters. The highest BCUT2D eigenvalue weighted by Crippen LogP contribution is 2.33. The summed E-state index contributed by atoms with van der Waals surface area (Å²) in [5.41, 5.74) is 0.521. The third-order valence-electron chi connectivity index (χ3n) is 3.49. The van der Waals surface area contributed by atoms with Crippen molar-refractivity contribution in [1.82, 2.24) is 10.2 Å². The number of anilines is 1. The minimum Gasteiger partial charge on any atom is -0.497 e. The highest BCUT2D eigenvalue weighted by atomic mass is 19.1. The molecular formula is C18H16FN3O5. The number of benzene rings is 2. The standard InChI is InChI=1S/C18H16FN3O5/c1-24-13-7-8-15(25-2)14(9-13)17-21-22-18(27-17)20-16(23)10-26-12-5-3-11(19)4-6-12/h3-9H,10H2,1-2H3,(H,20,22,23). The Morgan fingerprint density at radius 3 is 2.52 bits per heavy atom. The van der Waals surface area contributed by atoms with Crippen LogP contribution >= 0.6 is 0 Å². The Kier molecular flexibility index (Phi) is 5.50. The molecule has 0 spiro atoms. The summed E-state index contributed by atoms with van der Waals surface area (Å²) in [7, 11) is 3.04. The lowest BCUT2D eigenvalue weighted by molar-refractivity contribution is -0.118. The van der Waals surface area contributed by atoms with Gasteiger partial charge in [0.25, 0.3) is 11.8 Å². The number of nitrogens with one attached hydrogen (secondary N) is 1. The molecule has 3 rings (SSSR count). The highest BCUT2D eigenvalue weighted by Gasteiger charge is 2.16. The van der Waals surface area contributed by atoms with E-state index in [1.807, 2.05) is 0 Å². The number of rotatable bonds is 7. The second-order valence-corrected chi connectivity index (χ2v) is 5.27. The number of hydrogen-bond acceptors (Lipinski definition) is 7. The van der Waals surface area contributed by atoms with E-state index in [-0.39, 0.29) is 18.5 Å². The van der Waals surface area contributed by atoms with Gasteiger partial charge in [0, 0.05) is 0 Å². The highest BCUT2D eigenvalue weighted by molar-refractivity contribution is 5.89. The first-order valence-electron chi connectivity index (χ1n) is 7.83. The van der Waals surface area contributed by atoms with Gasteiger partial charge in [-0.15, -0.1) is 5.10 Å². The van der Waals surface area contributed by atoms with E-state index < -0.39 is 11.7 Å². The normalized spacial score (nSPS) is 10.3. The maximum Gasteiger partial charge on any atom is 0.322 e. The largest absolute Gasteiger partial charge is 0.497 e.